The summed E-state index contributed by atoms with van der Waals surface area (Å²) >= 11 is 2.09. The summed E-state index contributed by atoms with van der Waals surface area (Å²) in [6.07, 6.45) is 4.18. The monoisotopic (exact) mass is 284 g/mol. The van der Waals surface area contributed by atoms with E-state index in [1.54, 1.807) is 0 Å². The molecule has 0 aromatic heterocycles. The molecule has 1 aliphatic carbocycles. The molecule has 3 unspecified atom stereocenters. The van der Waals surface area contributed by atoms with Crippen molar-refractivity contribution in [1.29, 1.82) is 0 Å². The summed E-state index contributed by atoms with van der Waals surface area (Å²) in [5, 5.41) is 3.85. The zero-order chi connectivity index (χ0) is 13.9. The molecule has 0 aromatic carbocycles. The Morgan fingerprint density at radius 3 is 2.68 bits per heavy atom. The first-order valence-electron chi connectivity index (χ1n) is 8.18. The lowest BCUT2D eigenvalue weighted by molar-refractivity contribution is 0.0290. The average molecular weight is 285 g/mol. The predicted octanol–water partition coefficient (Wildman–Crippen LogP) is 3.23. The van der Waals surface area contributed by atoms with Crippen LogP contribution in [0.5, 0.6) is 0 Å². The van der Waals surface area contributed by atoms with Crippen LogP contribution in [0, 0.1) is 11.8 Å². The maximum atomic E-state index is 3.85. The lowest BCUT2D eigenvalue weighted by atomic mass is 9.86. The Balaban J connectivity index is 1.96. The van der Waals surface area contributed by atoms with Gasteiger partial charge in [0.15, 0.2) is 0 Å². The van der Waals surface area contributed by atoms with Crippen LogP contribution in [0.25, 0.3) is 0 Å². The van der Waals surface area contributed by atoms with Gasteiger partial charge in [0.25, 0.3) is 0 Å². The molecule has 2 rings (SSSR count). The Labute approximate surface area is 124 Å². The summed E-state index contributed by atoms with van der Waals surface area (Å²) in [5.41, 5.74) is 0.429. The Bertz CT molecular complexity index is 280. The third-order valence-electron chi connectivity index (χ3n) is 5.36. The van der Waals surface area contributed by atoms with Gasteiger partial charge in [0.2, 0.25) is 0 Å². The van der Waals surface area contributed by atoms with Crippen molar-refractivity contribution in [1.82, 2.24) is 10.2 Å². The Morgan fingerprint density at radius 1 is 1.37 bits per heavy atom. The third-order valence-corrected chi connectivity index (χ3v) is 6.24. The summed E-state index contributed by atoms with van der Waals surface area (Å²) in [7, 11) is 0. The molecule has 0 radical (unpaired) electrons. The van der Waals surface area contributed by atoms with Crippen molar-refractivity contribution in [2.24, 2.45) is 11.8 Å². The largest absolute Gasteiger partial charge is 0.311 e. The van der Waals surface area contributed by atoms with Crippen LogP contribution in [0.15, 0.2) is 0 Å². The smallest absolute Gasteiger partial charge is 0.0335 e. The SMILES string of the molecule is CCSCCN1CC(C(C)CC)NCC1(C)C1CC1. The molecule has 3 heteroatoms. The topological polar surface area (TPSA) is 15.3 Å². The van der Waals surface area contributed by atoms with Gasteiger partial charge in [-0.05, 0) is 37.4 Å². The van der Waals surface area contributed by atoms with Gasteiger partial charge in [-0.1, -0.05) is 27.2 Å². The van der Waals surface area contributed by atoms with Gasteiger partial charge in [-0.25, -0.2) is 0 Å². The molecule has 1 aliphatic heterocycles. The average Bonchev–Trinajstić information content (AvgIpc) is 3.25. The first-order chi connectivity index (χ1) is 9.11. The van der Waals surface area contributed by atoms with Crippen LogP contribution in [-0.4, -0.2) is 47.6 Å². The molecular formula is C16H32N2S. The second-order valence-electron chi connectivity index (χ2n) is 6.65. The number of nitrogens with zero attached hydrogens (tertiary/aromatic N) is 1. The van der Waals surface area contributed by atoms with Gasteiger partial charge in [-0.3, -0.25) is 4.90 Å². The second kappa shape index (κ2) is 6.82. The summed E-state index contributed by atoms with van der Waals surface area (Å²) in [6.45, 7) is 13.2. The van der Waals surface area contributed by atoms with Gasteiger partial charge in [0, 0.05) is 37.0 Å². The number of rotatable bonds is 7. The van der Waals surface area contributed by atoms with Crippen LogP contribution in [0.2, 0.25) is 0 Å². The maximum absolute atomic E-state index is 3.85. The minimum absolute atomic E-state index is 0.429. The van der Waals surface area contributed by atoms with E-state index in [0.29, 0.717) is 11.6 Å². The maximum Gasteiger partial charge on any atom is 0.0335 e. The molecule has 2 nitrogen and oxygen atoms in total. The van der Waals surface area contributed by atoms with Crippen LogP contribution < -0.4 is 5.32 Å². The molecule has 3 atom stereocenters. The minimum atomic E-state index is 0.429. The fraction of sp³-hybridized carbons (Fsp3) is 1.00. The van der Waals surface area contributed by atoms with E-state index >= 15 is 0 Å². The van der Waals surface area contributed by atoms with E-state index in [1.807, 2.05) is 0 Å². The van der Waals surface area contributed by atoms with E-state index in [0.717, 1.165) is 11.8 Å². The summed E-state index contributed by atoms with van der Waals surface area (Å²) < 4.78 is 0. The zero-order valence-corrected chi connectivity index (χ0v) is 14.1. The molecule has 1 saturated carbocycles. The third kappa shape index (κ3) is 3.68. The molecule has 1 N–H and O–H groups in total. The standard InChI is InChI=1S/C16H32N2S/c1-5-13(3)15-11-18(9-10-19-6-2)16(4,12-17-15)14-7-8-14/h13-15,17H,5-12H2,1-4H3. The van der Waals surface area contributed by atoms with Crippen molar-refractivity contribution < 1.29 is 0 Å². The predicted molar refractivity (Wildman–Crippen MR) is 86.9 cm³/mol. The van der Waals surface area contributed by atoms with E-state index in [4.69, 9.17) is 0 Å². The van der Waals surface area contributed by atoms with Gasteiger partial charge in [-0.2, -0.15) is 11.8 Å². The Hall–Kier alpha value is 0.270. The summed E-state index contributed by atoms with van der Waals surface area (Å²) in [6, 6.07) is 0.698. The summed E-state index contributed by atoms with van der Waals surface area (Å²) in [4.78, 5) is 2.82. The molecule has 0 aromatic rings. The highest BCUT2D eigenvalue weighted by Crippen LogP contribution is 2.44. The molecule has 0 spiro atoms. The van der Waals surface area contributed by atoms with Crippen molar-refractivity contribution in [3.63, 3.8) is 0 Å². The van der Waals surface area contributed by atoms with Gasteiger partial charge in [0.05, 0.1) is 0 Å². The highest BCUT2D eigenvalue weighted by atomic mass is 32.2. The van der Waals surface area contributed by atoms with Gasteiger partial charge in [-0.15, -0.1) is 0 Å². The lowest BCUT2D eigenvalue weighted by Gasteiger charge is -2.50. The van der Waals surface area contributed by atoms with Crippen molar-refractivity contribution in [3.05, 3.63) is 0 Å². The van der Waals surface area contributed by atoms with E-state index in [2.05, 4.69) is 49.7 Å². The van der Waals surface area contributed by atoms with Crippen LogP contribution in [0.4, 0.5) is 0 Å². The van der Waals surface area contributed by atoms with Crippen molar-refractivity contribution in [2.45, 2.75) is 58.5 Å². The van der Waals surface area contributed by atoms with E-state index in [9.17, 15) is 0 Å². The van der Waals surface area contributed by atoms with Gasteiger partial charge in [0.1, 0.15) is 0 Å². The number of nitrogens with one attached hydrogen (secondary N) is 1. The van der Waals surface area contributed by atoms with Crippen LogP contribution in [-0.2, 0) is 0 Å². The molecule has 112 valence electrons. The van der Waals surface area contributed by atoms with E-state index in [-0.39, 0.29) is 0 Å². The second-order valence-corrected chi connectivity index (χ2v) is 8.04. The number of thioether (sulfide) groups is 1. The van der Waals surface area contributed by atoms with Crippen molar-refractivity contribution in [3.8, 4) is 0 Å². The first kappa shape index (κ1) is 15.7. The zero-order valence-electron chi connectivity index (χ0n) is 13.2. The molecule has 0 bridgehead atoms. The minimum Gasteiger partial charge on any atom is -0.311 e. The van der Waals surface area contributed by atoms with Gasteiger partial charge >= 0.3 is 0 Å². The van der Waals surface area contributed by atoms with Crippen LogP contribution in [0.1, 0.15) is 47.0 Å². The molecule has 2 aliphatic rings. The van der Waals surface area contributed by atoms with Crippen molar-refractivity contribution >= 4 is 11.8 Å². The van der Waals surface area contributed by atoms with Crippen molar-refractivity contribution in [2.75, 3.05) is 31.1 Å². The van der Waals surface area contributed by atoms with Crippen LogP contribution in [0.3, 0.4) is 0 Å². The quantitative estimate of drug-likeness (QED) is 0.723. The molecule has 1 heterocycles. The highest BCUT2D eigenvalue weighted by Gasteiger charge is 2.48. The normalized spacial score (nSPS) is 34.4. The van der Waals surface area contributed by atoms with E-state index in [1.165, 1.54) is 50.4 Å². The number of hydrogen-bond acceptors (Lipinski definition) is 3. The van der Waals surface area contributed by atoms with Gasteiger partial charge < -0.3 is 5.32 Å². The first-order valence-corrected chi connectivity index (χ1v) is 9.33. The summed E-state index contributed by atoms with van der Waals surface area (Å²) in [5.74, 6) is 4.29. The van der Waals surface area contributed by atoms with E-state index < -0.39 is 0 Å². The number of hydrogen-bond donors (Lipinski definition) is 1. The molecule has 2 fully saturated rings. The Kier molecular flexibility index (Phi) is 5.62. The molecule has 0 amide bonds. The molecule has 19 heavy (non-hydrogen) atoms. The lowest BCUT2D eigenvalue weighted by Crippen LogP contribution is -2.65. The highest BCUT2D eigenvalue weighted by molar-refractivity contribution is 7.99. The number of piperazine rings is 1. The van der Waals surface area contributed by atoms with Crippen LogP contribution >= 0.6 is 11.8 Å². The Morgan fingerprint density at radius 2 is 2.11 bits per heavy atom. The fourth-order valence-electron chi connectivity index (χ4n) is 3.40. The molecule has 1 saturated heterocycles. The molecular weight excluding hydrogens is 252 g/mol. The fourth-order valence-corrected chi connectivity index (χ4v) is 4.04.